The Morgan fingerprint density at radius 1 is 1.00 bits per heavy atom. The molecule has 2 aliphatic rings. The largest absolute Gasteiger partial charge is 0.382 e. The van der Waals surface area contributed by atoms with Gasteiger partial charge in [0.25, 0.3) is 5.91 Å². The summed E-state index contributed by atoms with van der Waals surface area (Å²) in [6.07, 6.45) is 2.90. The molecular formula is C15H22N6O3. The van der Waals surface area contributed by atoms with Crippen molar-refractivity contribution in [2.75, 3.05) is 64.8 Å². The maximum Gasteiger partial charge on any atom is 0.276 e. The number of aromatic nitrogens is 2. The summed E-state index contributed by atoms with van der Waals surface area (Å²) in [6.45, 7) is 5.34. The molecule has 0 bridgehead atoms. The van der Waals surface area contributed by atoms with Crippen molar-refractivity contribution in [1.29, 1.82) is 0 Å². The first-order chi connectivity index (χ1) is 11.6. The molecule has 1 aromatic rings. The van der Waals surface area contributed by atoms with E-state index in [4.69, 9.17) is 10.5 Å². The highest BCUT2D eigenvalue weighted by molar-refractivity contribution is 5.96. The second kappa shape index (κ2) is 7.54. The number of carbonyl (C=O) groups is 2. The van der Waals surface area contributed by atoms with Crippen LogP contribution in [-0.4, -0.2) is 95.5 Å². The fourth-order valence-corrected chi connectivity index (χ4v) is 2.87. The average Bonchev–Trinajstić information content (AvgIpc) is 2.62. The van der Waals surface area contributed by atoms with Gasteiger partial charge in [-0.2, -0.15) is 0 Å². The molecule has 9 heteroatoms. The summed E-state index contributed by atoms with van der Waals surface area (Å²) in [5.74, 6) is -0.00258. The van der Waals surface area contributed by atoms with E-state index in [-0.39, 0.29) is 23.3 Å². The third-order valence-corrected chi connectivity index (χ3v) is 4.31. The Balaban J connectivity index is 1.51. The monoisotopic (exact) mass is 334 g/mol. The van der Waals surface area contributed by atoms with Gasteiger partial charge in [0.05, 0.1) is 19.8 Å². The van der Waals surface area contributed by atoms with Crippen molar-refractivity contribution in [2.24, 2.45) is 0 Å². The summed E-state index contributed by atoms with van der Waals surface area (Å²) in [4.78, 5) is 38.3. The van der Waals surface area contributed by atoms with Crippen molar-refractivity contribution in [2.45, 2.75) is 0 Å². The average molecular weight is 334 g/mol. The first-order valence-corrected chi connectivity index (χ1v) is 8.09. The Kier molecular flexibility index (Phi) is 5.21. The van der Waals surface area contributed by atoms with Crippen LogP contribution in [0.4, 0.5) is 5.82 Å². The van der Waals surface area contributed by atoms with Crippen LogP contribution in [0.15, 0.2) is 12.4 Å². The number of hydrogen-bond donors (Lipinski definition) is 1. The number of rotatable bonds is 3. The van der Waals surface area contributed by atoms with Crippen LogP contribution in [-0.2, 0) is 9.53 Å². The summed E-state index contributed by atoms with van der Waals surface area (Å²) in [7, 11) is 0. The number of ether oxygens (including phenoxy) is 1. The van der Waals surface area contributed by atoms with Gasteiger partial charge in [-0.3, -0.25) is 14.5 Å². The lowest BCUT2D eigenvalue weighted by atomic mass is 10.2. The SMILES string of the molecule is Nc1nccnc1C(=O)N1CCN(C(=O)CN2CCOCC2)CC1. The van der Waals surface area contributed by atoms with Crippen LogP contribution in [0.3, 0.4) is 0 Å². The Morgan fingerprint density at radius 3 is 2.29 bits per heavy atom. The van der Waals surface area contributed by atoms with E-state index >= 15 is 0 Å². The van der Waals surface area contributed by atoms with E-state index < -0.39 is 0 Å². The van der Waals surface area contributed by atoms with E-state index in [0.717, 1.165) is 13.1 Å². The van der Waals surface area contributed by atoms with Crippen LogP contribution in [0.5, 0.6) is 0 Å². The van der Waals surface area contributed by atoms with Gasteiger partial charge in [-0.1, -0.05) is 0 Å². The number of nitrogens with two attached hydrogens (primary N) is 1. The predicted molar refractivity (Wildman–Crippen MR) is 86.2 cm³/mol. The zero-order valence-corrected chi connectivity index (χ0v) is 13.6. The number of anilines is 1. The van der Waals surface area contributed by atoms with Crippen LogP contribution in [0.2, 0.25) is 0 Å². The molecule has 24 heavy (non-hydrogen) atoms. The van der Waals surface area contributed by atoms with Crippen molar-refractivity contribution in [3.05, 3.63) is 18.1 Å². The normalized spacial score (nSPS) is 19.3. The van der Waals surface area contributed by atoms with Gasteiger partial charge in [0.1, 0.15) is 0 Å². The minimum Gasteiger partial charge on any atom is -0.382 e. The number of morpholine rings is 1. The summed E-state index contributed by atoms with van der Waals surface area (Å²) in [6, 6.07) is 0. The molecular weight excluding hydrogens is 312 g/mol. The highest BCUT2D eigenvalue weighted by Crippen LogP contribution is 2.11. The molecule has 3 heterocycles. The van der Waals surface area contributed by atoms with Crippen molar-refractivity contribution < 1.29 is 14.3 Å². The Morgan fingerprint density at radius 2 is 1.62 bits per heavy atom. The lowest BCUT2D eigenvalue weighted by Gasteiger charge is -2.36. The smallest absolute Gasteiger partial charge is 0.276 e. The van der Waals surface area contributed by atoms with Crippen LogP contribution in [0.1, 0.15) is 10.5 Å². The molecule has 0 radical (unpaired) electrons. The zero-order chi connectivity index (χ0) is 16.9. The number of amides is 2. The summed E-state index contributed by atoms with van der Waals surface area (Å²) < 4.78 is 5.29. The molecule has 1 aromatic heterocycles. The van der Waals surface area contributed by atoms with E-state index in [2.05, 4.69) is 14.9 Å². The topological polar surface area (TPSA) is 105 Å². The van der Waals surface area contributed by atoms with Crippen LogP contribution < -0.4 is 5.73 Å². The van der Waals surface area contributed by atoms with E-state index in [9.17, 15) is 9.59 Å². The van der Waals surface area contributed by atoms with Crippen LogP contribution >= 0.6 is 0 Å². The maximum absolute atomic E-state index is 12.4. The maximum atomic E-state index is 12.4. The van der Waals surface area contributed by atoms with Gasteiger partial charge < -0.3 is 20.3 Å². The fourth-order valence-electron chi connectivity index (χ4n) is 2.87. The number of hydrogen-bond acceptors (Lipinski definition) is 7. The first kappa shape index (κ1) is 16.6. The first-order valence-electron chi connectivity index (χ1n) is 8.09. The third kappa shape index (κ3) is 3.80. The van der Waals surface area contributed by atoms with Crippen LogP contribution in [0, 0.1) is 0 Å². The van der Waals surface area contributed by atoms with Crippen LogP contribution in [0.25, 0.3) is 0 Å². The number of carbonyl (C=O) groups excluding carboxylic acids is 2. The van der Waals surface area contributed by atoms with E-state index in [1.165, 1.54) is 12.4 Å². The molecule has 2 amide bonds. The summed E-state index contributed by atoms with van der Waals surface area (Å²) in [5, 5.41) is 0. The van der Waals surface area contributed by atoms with Crippen molar-refractivity contribution in [1.82, 2.24) is 24.7 Å². The van der Waals surface area contributed by atoms with Gasteiger partial charge in [0.15, 0.2) is 11.5 Å². The molecule has 2 aliphatic heterocycles. The van der Waals surface area contributed by atoms with Gasteiger partial charge in [0, 0.05) is 51.7 Å². The molecule has 2 saturated heterocycles. The minimum atomic E-state index is -0.235. The minimum absolute atomic E-state index is 0.100. The van der Waals surface area contributed by atoms with Gasteiger partial charge in [-0.15, -0.1) is 0 Å². The van der Waals surface area contributed by atoms with E-state index in [0.29, 0.717) is 45.9 Å². The second-order valence-electron chi connectivity index (χ2n) is 5.85. The third-order valence-electron chi connectivity index (χ3n) is 4.31. The predicted octanol–water partition coefficient (Wildman–Crippen LogP) is -1.32. The van der Waals surface area contributed by atoms with Gasteiger partial charge in [-0.25, -0.2) is 9.97 Å². The molecule has 0 atom stereocenters. The summed E-state index contributed by atoms with van der Waals surface area (Å²) >= 11 is 0. The van der Waals surface area contributed by atoms with Gasteiger partial charge in [0.2, 0.25) is 5.91 Å². The highest BCUT2D eigenvalue weighted by Gasteiger charge is 2.27. The molecule has 0 unspecified atom stereocenters. The molecule has 9 nitrogen and oxygen atoms in total. The summed E-state index contributed by atoms with van der Waals surface area (Å²) in [5.41, 5.74) is 5.88. The number of nitrogens with zero attached hydrogens (tertiary/aromatic N) is 5. The second-order valence-corrected chi connectivity index (χ2v) is 5.85. The molecule has 3 rings (SSSR count). The Labute approximate surface area is 140 Å². The zero-order valence-electron chi connectivity index (χ0n) is 13.6. The quantitative estimate of drug-likeness (QED) is 0.730. The van der Waals surface area contributed by atoms with Crippen molar-refractivity contribution >= 4 is 17.6 Å². The van der Waals surface area contributed by atoms with E-state index in [1.54, 1.807) is 9.80 Å². The molecule has 0 aromatic carbocycles. The Bertz CT molecular complexity index is 597. The van der Waals surface area contributed by atoms with Gasteiger partial charge in [-0.05, 0) is 0 Å². The molecule has 0 saturated carbocycles. The lowest BCUT2D eigenvalue weighted by molar-refractivity contribution is -0.134. The number of piperazine rings is 1. The molecule has 0 spiro atoms. The number of nitrogen functional groups attached to an aromatic ring is 1. The highest BCUT2D eigenvalue weighted by atomic mass is 16.5. The van der Waals surface area contributed by atoms with Crippen molar-refractivity contribution in [3.8, 4) is 0 Å². The molecule has 2 N–H and O–H groups in total. The van der Waals surface area contributed by atoms with Crippen molar-refractivity contribution in [3.63, 3.8) is 0 Å². The fraction of sp³-hybridized carbons (Fsp3) is 0.600. The molecule has 130 valence electrons. The standard InChI is InChI=1S/C15H22N6O3/c16-14-13(17-1-2-18-14)15(23)21-5-3-20(4-6-21)12(22)11-19-7-9-24-10-8-19/h1-2H,3-11H2,(H2,16,18). The Hall–Kier alpha value is -2.26. The molecule has 0 aliphatic carbocycles. The lowest BCUT2D eigenvalue weighted by Crippen LogP contribution is -2.53. The van der Waals surface area contributed by atoms with Gasteiger partial charge >= 0.3 is 0 Å². The van der Waals surface area contributed by atoms with E-state index in [1.807, 2.05) is 0 Å². The molecule has 2 fully saturated rings.